The van der Waals surface area contributed by atoms with Gasteiger partial charge in [-0.25, -0.2) is 0 Å². The van der Waals surface area contributed by atoms with Crippen molar-refractivity contribution in [3.05, 3.63) is 0 Å². The van der Waals surface area contributed by atoms with Crippen molar-refractivity contribution in [2.75, 3.05) is 19.6 Å². The van der Waals surface area contributed by atoms with Gasteiger partial charge < -0.3 is 5.32 Å². The van der Waals surface area contributed by atoms with Crippen LogP contribution in [-0.2, 0) is 0 Å². The standard InChI is InChI=1S/C9H16N2/c1-2-8-5-7(1)9-6-10-3-4-11(8)9/h7-10H,1-6H2/t7-,8+,9+/m0/s1. The predicted octanol–water partition coefficient (Wildman–Crippen LogP) is 0.442. The van der Waals surface area contributed by atoms with Gasteiger partial charge in [-0.3, -0.25) is 4.90 Å². The lowest BCUT2D eigenvalue weighted by atomic mass is 9.97. The van der Waals surface area contributed by atoms with Crippen molar-refractivity contribution in [2.24, 2.45) is 5.92 Å². The van der Waals surface area contributed by atoms with Crippen LogP contribution in [0.25, 0.3) is 0 Å². The molecule has 0 aromatic heterocycles. The zero-order chi connectivity index (χ0) is 7.26. The Morgan fingerprint density at radius 2 is 2.27 bits per heavy atom. The Bertz CT molecular complexity index is 151. The van der Waals surface area contributed by atoms with E-state index in [4.69, 9.17) is 0 Å². The van der Waals surface area contributed by atoms with Crippen LogP contribution in [0.4, 0.5) is 0 Å². The number of hydrogen-bond acceptors (Lipinski definition) is 2. The Hall–Kier alpha value is -0.0800. The van der Waals surface area contributed by atoms with Crippen LogP contribution in [0.1, 0.15) is 19.3 Å². The summed E-state index contributed by atoms with van der Waals surface area (Å²) in [4.78, 5) is 2.75. The van der Waals surface area contributed by atoms with Crippen LogP contribution in [0, 0.1) is 5.92 Å². The summed E-state index contributed by atoms with van der Waals surface area (Å²) in [5.74, 6) is 1.05. The lowest BCUT2D eigenvalue weighted by Crippen LogP contribution is -2.53. The summed E-state index contributed by atoms with van der Waals surface area (Å²) in [6.45, 7) is 3.80. The highest BCUT2D eigenvalue weighted by molar-refractivity contribution is 5.01. The lowest BCUT2D eigenvalue weighted by Gasteiger charge is -2.39. The highest BCUT2D eigenvalue weighted by Crippen LogP contribution is 2.42. The molecule has 3 rings (SSSR count). The van der Waals surface area contributed by atoms with Gasteiger partial charge in [0.25, 0.3) is 0 Å². The summed E-state index contributed by atoms with van der Waals surface area (Å²) < 4.78 is 0. The molecule has 1 aliphatic carbocycles. The summed E-state index contributed by atoms with van der Waals surface area (Å²) in [5.41, 5.74) is 0. The van der Waals surface area contributed by atoms with Gasteiger partial charge in [0, 0.05) is 31.7 Å². The number of nitrogens with zero attached hydrogens (tertiary/aromatic N) is 1. The van der Waals surface area contributed by atoms with E-state index in [1.54, 1.807) is 0 Å². The predicted molar refractivity (Wildman–Crippen MR) is 44.5 cm³/mol. The summed E-state index contributed by atoms with van der Waals surface area (Å²) in [6.07, 6.45) is 4.50. The van der Waals surface area contributed by atoms with Gasteiger partial charge in [0.1, 0.15) is 0 Å². The normalized spacial score (nSPS) is 49.6. The fourth-order valence-corrected chi connectivity index (χ4v) is 3.27. The number of piperazine rings is 1. The van der Waals surface area contributed by atoms with Crippen molar-refractivity contribution in [3.63, 3.8) is 0 Å². The van der Waals surface area contributed by atoms with Gasteiger partial charge in [-0.05, 0) is 25.2 Å². The third-order valence-corrected chi connectivity index (χ3v) is 3.78. The number of fused-ring (bicyclic) bond motifs is 5. The van der Waals surface area contributed by atoms with E-state index in [0.29, 0.717) is 0 Å². The average molecular weight is 152 g/mol. The van der Waals surface area contributed by atoms with E-state index >= 15 is 0 Å². The Kier molecular flexibility index (Phi) is 1.29. The summed E-state index contributed by atoms with van der Waals surface area (Å²) >= 11 is 0. The van der Waals surface area contributed by atoms with Crippen molar-refractivity contribution in [1.29, 1.82) is 0 Å². The molecule has 11 heavy (non-hydrogen) atoms. The van der Waals surface area contributed by atoms with Gasteiger partial charge in [0.2, 0.25) is 0 Å². The molecular formula is C9H16N2. The second-order valence-electron chi connectivity index (χ2n) is 4.24. The molecule has 62 valence electrons. The quantitative estimate of drug-likeness (QED) is 0.542. The molecule has 2 bridgehead atoms. The zero-order valence-corrected chi connectivity index (χ0v) is 6.92. The topological polar surface area (TPSA) is 15.3 Å². The first-order chi connectivity index (χ1) is 5.45. The fraction of sp³-hybridized carbons (Fsp3) is 1.00. The van der Waals surface area contributed by atoms with Crippen LogP contribution >= 0.6 is 0 Å². The Morgan fingerprint density at radius 3 is 3.18 bits per heavy atom. The molecule has 0 amide bonds. The maximum atomic E-state index is 3.50. The van der Waals surface area contributed by atoms with Crippen molar-refractivity contribution in [3.8, 4) is 0 Å². The molecule has 3 fully saturated rings. The SMILES string of the molecule is C1CN2[C@@H]3CC[C@@H](C3)[C@H]2CN1. The lowest BCUT2D eigenvalue weighted by molar-refractivity contribution is 0.112. The first-order valence-electron chi connectivity index (χ1n) is 4.91. The van der Waals surface area contributed by atoms with Crippen molar-refractivity contribution in [2.45, 2.75) is 31.3 Å². The molecule has 0 aromatic carbocycles. The highest BCUT2D eigenvalue weighted by Gasteiger charge is 2.45. The smallest absolute Gasteiger partial charge is 0.0252 e. The van der Waals surface area contributed by atoms with Gasteiger partial charge >= 0.3 is 0 Å². The molecular weight excluding hydrogens is 136 g/mol. The molecule has 0 unspecified atom stereocenters. The number of hydrogen-bond donors (Lipinski definition) is 1. The fourth-order valence-electron chi connectivity index (χ4n) is 3.27. The molecule has 1 N–H and O–H groups in total. The minimum absolute atomic E-state index is 0.919. The van der Waals surface area contributed by atoms with Crippen LogP contribution < -0.4 is 5.32 Å². The van der Waals surface area contributed by atoms with Crippen LogP contribution in [0.2, 0.25) is 0 Å². The molecule has 0 radical (unpaired) electrons. The summed E-state index contributed by atoms with van der Waals surface area (Å²) in [5, 5.41) is 3.50. The van der Waals surface area contributed by atoms with Crippen molar-refractivity contribution in [1.82, 2.24) is 10.2 Å². The summed E-state index contributed by atoms with van der Waals surface area (Å²) in [7, 11) is 0. The van der Waals surface area contributed by atoms with Gasteiger partial charge in [0.15, 0.2) is 0 Å². The number of nitrogens with one attached hydrogen (secondary N) is 1. The maximum Gasteiger partial charge on any atom is 0.0252 e. The van der Waals surface area contributed by atoms with E-state index in [2.05, 4.69) is 10.2 Å². The van der Waals surface area contributed by atoms with Gasteiger partial charge in [-0.15, -0.1) is 0 Å². The molecule has 2 heteroatoms. The van der Waals surface area contributed by atoms with Gasteiger partial charge in [-0.2, -0.15) is 0 Å². The molecule has 2 heterocycles. The summed E-state index contributed by atoms with van der Waals surface area (Å²) in [6, 6.07) is 1.90. The van der Waals surface area contributed by atoms with E-state index < -0.39 is 0 Å². The minimum Gasteiger partial charge on any atom is -0.314 e. The van der Waals surface area contributed by atoms with E-state index in [9.17, 15) is 0 Å². The first kappa shape index (κ1) is 6.44. The van der Waals surface area contributed by atoms with E-state index in [0.717, 1.165) is 18.0 Å². The average Bonchev–Trinajstić information content (AvgIpc) is 2.64. The Labute approximate surface area is 68.0 Å². The van der Waals surface area contributed by atoms with E-state index in [1.165, 1.54) is 38.9 Å². The Balaban J connectivity index is 1.84. The Morgan fingerprint density at radius 1 is 1.27 bits per heavy atom. The largest absolute Gasteiger partial charge is 0.314 e. The molecule has 0 aromatic rings. The molecule has 2 nitrogen and oxygen atoms in total. The molecule has 3 aliphatic rings. The third-order valence-electron chi connectivity index (χ3n) is 3.78. The van der Waals surface area contributed by atoms with E-state index in [1.807, 2.05) is 0 Å². The molecule has 2 aliphatic heterocycles. The molecule has 2 saturated heterocycles. The monoisotopic (exact) mass is 152 g/mol. The number of rotatable bonds is 0. The van der Waals surface area contributed by atoms with Gasteiger partial charge in [-0.1, -0.05) is 0 Å². The van der Waals surface area contributed by atoms with Crippen LogP contribution in [0.5, 0.6) is 0 Å². The maximum absolute atomic E-state index is 3.50. The molecule has 3 atom stereocenters. The van der Waals surface area contributed by atoms with Crippen molar-refractivity contribution < 1.29 is 0 Å². The van der Waals surface area contributed by atoms with E-state index in [-0.39, 0.29) is 0 Å². The first-order valence-corrected chi connectivity index (χ1v) is 4.91. The molecule has 0 spiro atoms. The third kappa shape index (κ3) is 0.798. The van der Waals surface area contributed by atoms with Crippen molar-refractivity contribution >= 4 is 0 Å². The minimum atomic E-state index is 0.919. The van der Waals surface area contributed by atoms with Crippen LogP contribution in [-0.4, -0.2) is 36.6 Å². The van der Waals surface area contributed by atoms with Crippen LogP contribution in [0.15, 0.2) is 0 Å². The highest BCUT2D eigenvalue weighted by atomic mass is 15.3. The zero-order valence-electron chi connectivity index (χ0n) is 6.92. The molecule has 1 saturated carbocycles. The second-order valence-corrected chi connectivity index (χ2v) is 4.24. The van der Waals surface area contributed by atoms with Gasteiger partial charge in [0.05, 0.1) is 0 Å². The van der Waals surface area contributed by atoms with Crippen LogP contribution in [0.3, 0.4) is 0 Å². The second kappa shape index (κ2) is 2.20. The number of piperidine rings is 1.